The normalized spacial score (nSPS) is 10.7. The molecule has 1 N–H and O–H groups in total. The average molecular weight is 252 g/mol. The maximum Gasteiger partial charge on any atom is 0.119 e. The molecule has 0 spiro atoms. The molecular formula is C14H24N2O2. The zero-order valence-corrected chi connectivity index (χ0v) is 11.6. The van der Waals surface area contributed by atoms with E-state index in [9.17, 15) is 0 Å². The first-order valence-electron chi connectivity index (χ1n) is 6.42. The van der Waals surface area contributed by atoms with Crippen molar-refractivity contribution in [1.82, 2.24) is 10.2 Å². The van der Waals surface area contributed by atoms with Crippen molar-refractivity contribution in [2.45, 2.75) is 6.92 Å². The van der Waals surface area contributed by atoms with Gasteiger partial charge in [0.25, 0.3) is 0 Å². The topological polar surface area (TPSA) is 33.7 Å². The zero-order chi connectivity index (χ0) is 13.2. The summed E-state index contributed by atoms with van der Waals surface area (Å²) in [5, 5.41) is 3.35. The molecule has 0 aliphatic carbocycles. The quantitative estimate of drug-likeness (QED) is 0.677. The summed E-state index contributed by atoms with van der Waals surface area (Å²) >= 11 is 0. The molecule has 1 aromatic rings. The minimum absolute atomic E-state index is 0.683. The fourth-order valence-electron chi connectivity index (χ4n) is 1.47. The summed E-state index contributed by atoms with van der Waals surface area (Å²) in [4.78, 5) is 2.28. The first-order chi connectivity index (χ1) is 8.76. The van der Waals surface area contributed by atoms with Crippen molar-refractivity contribution in [2.75, 3.05) is 46.9 Å². The van der Waals surface area contributed by atoms with E-state index in [4.69, 9.17) is 9.47 Å². The summed E-state index contributed by atoms with van der Waals surface area (Å²) in [5.41, 5.74) is 0. The maximum absolute atomic E-state index is 5.61. The van der Waals surface area contributed by atoms with Crippen LogP contribution in [0.3, 0.4) is 0 Å². The van der Waals surface area contributed by atoms with Crippen molar-refractivity contribution < 1.29 is 9.47 Å². The number of methoxy groups -OCH3 is 1. The molecule has 0 amide bonds. The smallest absolute Gasteiger partial charge is 0.119 e. The van der Waals surface area contributed by atoms with Gasteiger partial charge in [0.15, 0.2) is 0 Å². The maximum atomic E-state index is 5.61. The van der Waals surface area contributed by atoms with E-state index in [-0.39, 0.29) is 0 Å². The number of hydrogen-bond donors (Lipinski definition) is 1. The van der Waals surface area contributed by atoms with Crippen LogP contribution in [-0.2, 0) is 0 Å². The molecule has 0 heterocycles. The third-order valence-corrected chi connectivity index (χ3v) is 2.82. The third-order valence-electron chi connectivity index (χ3n) is 2.82. The van der Waals surface area contributed by atoms with Crippen molar-refractivity contribution in [3.8, 4) is 11.5 Å². The number of benzene rings is 1. The predicted molar refractivity (Wildman–Crippen MR) is 74.5 cm³/mol. The van der Waals surface area contributed by atoms with Crippen molar-refractivity contribution in [1.29, 1.82) is 0 Å². The van der Waals surface area contributed by atoms with Gasteiger partial charge in [-0.1, -0.05) is 6.92 Å². The van der Waals surface area contributed by atoms with E-state index < -0.39 is 0 Å². The Hall–Kier alpha value is -1.26. The Morgan fingerprint density at radius 3 is 2.39 bits per heavy atom. The lowest BCUT2D eigenvalue weighted by molar-refractivity contribution is 0.302. The monoisotopic (exact) mass is 252 g/mol. The Bertz CT molecular complexity index is 314. The predicted octanol–water partition coefficient (Wildman–Crippen LogP) is 1.62. The summed E-state index contributed by atoms with van der Waals surface area (Å²) in [7, 11) is 3.78. The summed E-state index contributed by atoms with van der Waals surface area (Å²) in [6, 6.07) is 7.64. The fourth-order valence-corrected chi connectivity index (χ4v) is 1.47. The molecule has 18 heavy (non-hydrogen) atoms. The van der Waals surface area contributed by atoms with Gasteiger partial charge in [0, 0.05) is 19.6 Å². The molecule has 0 aliphatic rings. The Labute approximate surface area is 110 Å². The van der Waals surface area contributed by atoms with Gasteiger partial charge in [-0.15, -0.1) is 0 Å². The van der Waals surface area contributed by atoms with Gasteiger partial charge in [-0.3, -0.25) is 0 Å². The number of hydrogen-bond acceptors (Lipinski definition) is 4. The van der Waals surface area contributed by atoms with Gasteiger partial charge < -0.3 is 19.7 Å². The molecule has 0 saturated carbocycles. The first-order valence-corrected chi connectivity index (χ1v) is 6.42. The van der Waals surface area contributed by atoms with E-state index in [0.29, 0.717) is 6.61 Å². The van der Waals surface area contributed by atoms with E-state index in [1.165, 1.54) is 0 Å². The molecule has 0 bridgehead atoms. The van der Waals surface area contributed by atoms with Gasteiger partial charge in [-0.05, 0) is 37.9 Å². The van der Waals surface area contributed by atoms with Crippen LogP contribution in [0.15, 0.2) is 24.3 Å². The average Bonchev–Trinajstić information content (AvgIpc) is 2.43. The van der Waals surface area contributed by atoms with Crippen LogP contribution in [0.2, 0.25) is 0 Å². The molecule has 0 aliphatic heterocycles. The van der Waals surface area contributed by atoms with Crippen molar-refractivity contribution >= 4 is 0 Å². The van der Waals surface area contributed by atoms with E-state index >= 15 is 0 Å². The fraction of sp³-hybridized carbons (Fsp3) is 0.571. The summed E-state index contributed by atoms with van der Waals surface area (Å²) in [6.45, 7) is 6.86. The lowest BCUT2D eigenvalue weighted by atomic mass is 10.3. The molecule has 4 heteroatoms. The van der Waals surface area contributed by atoms with E-state index in [1.54, 1.807) is 7.11 Å². The summed E-state index contributed by atoms with van der Waals surface area (Å²) < 4.78 is 10.7. The molecule has 1 aromatic carbocycles. The third kappa shape index (κ3) is 5.89. The molecule has 0 unspecified atom stereocenters. The largest absolute Gasteiger partial charge is 0.497 e. The first kappa shape index (κ1) is 14.8. The summed E-state index contributed by atoms with van der Waals surface area (Å²) in [6.07, 6.45) is 0. The highest BCUT2D eigenvalue weighted by molar-refractivity contribution is 5.31. The molecule has 0 saturated heterocycles. The van der Waals surface area contributed by atoms with E-state index in [1.807, 2.05) is 24.3 Å². The second kappa shape index (κ2) is 8.78. The Balaban J connectivity index is 2.06. The second-order valence-corrected chi connectivity index (χ2v) is 4.17. The van der Waals surface area contributed by atoms with Gasteiger partial charge in [0.2, 0.25) is 0 Å². The zero-order valence-electron chi connectivity index (χ0n) is 11.6. The van der Waals surface area contributed by atoms with Crippen LogP contribution in [0.1, 0.15) is 6.92 Å². The molecule has 102 valence electrons. The number of nitrogens with one attached hydrogen (secondary N) is 1. The van der Waals surface area contributed by atoms with E-state index in [2.05, 4.69) is 24.2 Å². The van der Waals surface area contributed by atoms with Gasteiger partial charge in [-0.25, -0.2) is 0 Å². The summed E-state index contributed by atoms with van der Waals surface area (Å²) in [5.74, 6) is 1.73. The number of rotatable bonds is 9. The Kier molecular flexibility index (Phi) is 7.22. The highest BCUT2D eigenvalue weighted by atomic mass is 16.5. The van der Waals surface area contributed by atoms with Crippen LogP contribution in [0.4, 0.5) is 0 Å². The van der Waals surface area contributed by atoms with Crippen molar-refractivity contribution in [3.05, 3.63) is 24.3 Å². The number of nitrogens with zero attached hydrogens (tertiary/aromatic N) is 1. The van der Waals surface area contributed by atoms with Crippen molar-refractivity contribution in [2.24, 2.45) is 0 Å². The lowest BCUT2D eigenvalue weighted by Gasteiger charge is -2.14. The van der Waals surface area contributed by atoms with Crippen LogP contribution in [0.25, 0.3) is 0 Å². The molecule has 4 nitrogen and oxygen atoms in total. The molecule has 0 aromatic heterocycles. The molecular weight excluding hydrogens is 228 g/mol. The molecule has 1 rings (SSSR count). The van der Waals surface area contributed by atoms with Gasteiger partial charge >= 0.3 is 0 Å². The molecule has 0 atom stereocenters. The highest BCUT2D eigenvalue weighted by Gasteiger charge is 1.96. The van der Waals surface area contributed by atoms with Crippen LogP contribution < -0.4 is 14.8 Å². The van der Waals surface area contributed by atoms with Crippen LogP contribution >= 0.6 is 0 Å². The van der Waals surface area contributed by atoms with Crippen LogP contribution in [0.5, 0.6) is 11.5 Å². The number of likely N-dealkylation sites (N-methyl/N-ethyl adjacent to an activating group) is 1. The van der Waals surface area contributed by atoms with E-state index in [0.717, 1.165) is 37.7 Å². The second-order valence-electron chi connectivity index (χ2n) is 4.17. The standard InChI is InChI=1S/C14H24N2O2/c1-4-16(2)11-9-15-10-12-18-14-7-5-13(17-3)6-8-14/h5-8,15H,4,9-12H2,1-3H3. The van der Waals surface area contributed by atoms with Crippen molar-refractivity contribution in [3.63, 3.8) is 0 Å². The highest BCUT2D eigenvalue weighted by Crippen LogP contribution is 2.16. The van der Waals surface area contributed by atoms with Gasteiger partial charge in [0.1, 0.15) is 18.1 Å². The van der Waals surface area contributed by atoms with Crippen LogP contribution in [-0.4, -0.2) is 51.8 Å². The van der Waals surface area contributed by atoms with Crippen LogP contribution in [0, 0.1) is 0 Å². The Morgan fingerprint density at radius 1 is 1.11 bits per heavy atom. The lowest BCUT2D eigenvalue weighted by Crippen LogP contribution is -2.31. The SMILES string of the molecule is CCN(C)CCNCCOc1ccc(OC)cc1. The Morgan fingerprint density at radius 2 is 1.78 bits per heavy atom. The minimum atomic E-state index is 0.683. The molecule has 0 fully saturated rings. The van der Waals surface area contributed by atoms with Gasteiger partial charge in [-0.2, -0.15) is 0 Å². The molecule has 0 radical (unpaired) electrons. The number of ether oxygens (including phenoxy) is 2. The van der Waals surface area contributed by atoms with Gasteiger partial charge in [0.05, 0.1) is 7.11 Å². The minimum Gasteiger partial charge on any atom is -0.497 e.